The number of carbonyl (C=O) groups is 3. The highest BCUT2D eigenvalue weighted by atomic mass is 32.2. The van der Waals surface area contributed by atoms with E-state index in [2.05, 4.69) is 11.9 Å². The topological polar surface area (TPSA) is 119 Å². The lowest BCUT2D eigenvalue weighted by atomic mass is 10.0. The molecule has 0 bridgehead atoms. The Labute approximate surface area is 216 Å². The number of thioether (sulfide) groups is 2. The fourth-order valence-corrected chi connectivity index (χ4v) is 5.91. The van der Waals surface area contributed by atoms with E-state index < -0.39 is 22.3 Å². The van der Waals surface area contributed by atoms with E-state index in [1.54, 1.807) is 5.41 Å². The van der Waals surface area contributed by atoms with Crippen molar-refractivity contribution in [3.63, 3.8) is 0 Å². The fourth-order valence-electron chi connectivity index (χ4n) is 3.88. The number of fused-ring (bicyclic) bond motifs is 1. The molecule has 2 aromatic carbocycles. The molecule has 2 aliphatic rings. The predicted molar refractivity (Wildman–Crippen MR) is 138 cm³/mol. The molecule has 11 heteroatoms. The molecule has 1 saturated heterocycles. The first-order valence-electron chi connectivity index (χ1n) is 11.0. The Morgan fingerprint density at radius 2 is 1.92 bits per heavy atom. The summed E-state index contributed by atoms with van der Waals surface area (Å²) in [5.41, 5.74) is 2.30. The predicted octanol–water partition coefficient (Wildman–Crippen LogP) is 3.41. The lowest BCUT2D eigenvalue weighted by Gasteiger charge is -2.49. The first-order chi connectivity index (χ1) is 17.4. The van der Waals surface area contributed by atoms with Gasteiger partial charge in [0, 0.05) is 23.6 Å². The van der Waals surface area contributed by atoms with Crippen LogP contribution in [0.1, 0.15) is 11.1 Å². The smallest absolute Gasteiger partial charge is 0.355 e. The molecule has 1 fully saturated rings. The molecule has 2 atom stereocenters. The first kappa shape index (κ1) is 25.5. The third-order valence-electron chi connectivity index (χ3n) is 5.66. The van der Waals surface area contributed by atoms with E-state index in [0.29, 0.717) is 17.1 Å². The lowest BCUT2D eigenvalue weighted by Crippen LogP contribution is -2.70. The summed E-state index contributed by atoms with van der Waals surface area (Å²) in [7, 11) is 0. The van der Waals surface area contributed by atoms with E-state index >= 15 is 0 Å². The van der Waals surface area contributed by atoms with Gasteiger partial charge >= 0.3 is 5.97 Å². The van der Waals surface area contributed by atoms with E-state index in [4.69, 9.17) is 4.74 Å². The molecular weight excluding hydrogens is 502 g/mol. The van der Waals surface area contributed by atoms with Gasteiger partial charge in [-0.3, -0.25) is 24.6 Å². The minimum Gasteiger partial charge on any atom is -0.456 e. The van der Waals surface area contributed by atoms with Crippen molar-refractivity contribution in [3.05, 3.63) is 99.1 Å². The van der Waals surface area contributed by atoms with Gasteiger partial charge in [0.25, 0.3) is 11.6 Å². The molecule has 0 radical (unpaired) electrons. The molecule has 2 aromatic rings. The molecule has 2 aliphatic heterocycles. The maximum absolute atomic E-state index is 13.1. The fraction of sp³-hybridized carbons (Fsp3) is 0.240. The van der Waals surface area contributed by atoms with Gasteiger partial charge in [0.2, 0.25) is 5.91 Å². The average Bonchev–Trinajstić information content (AvgIpc) is 2.89. The number of rotatable bonds is 10. The Hall–Kier alpha value is -3.57. The standard InChI is InChI=1S/C25H23N3O6S2/c1-2-35-14-18-15-36-24-21(26-20(29)12-16-6-4-3-5-7-16)23(30)27(24)22(18)25(31)34-13-17-8-10-19(11-9-17)28(32)33/h2-11,21,24H,1,12-15H2,(H,26,29)/t21?,24-/m0/s1. The normalized spacial score (nSPS) is 18.7. The van der Waals surface area contributed by atoms with Gasteiger partial charge in [0.1, 0.15) is 23.7 Å². The molecule has 0 aromatic heterocycles. The van der Waals surface area contributed by atoms with Crippen LogP contribution in [0, 0.1) is 10.1 Å². The maximum Gasteiger partial charge on any atom is 0.355 e. The summed E-state index contributed by atoms with van der Waals surface area (Å²) in [5.74, 6) is -0.306. The second-order valence-corrected chi connectivity index (χ2v) is 10.1. The summed E-state index contributed by atoms with van der Waals surface area (Å²) in [4.78, 5) is 50.4. The number of amides is 2. The van der Waals surface area contributed by atoms with E-state index in [1.807, 2.05) is 30.3 Å². The van der Waals surface area contributed by atoms with Gasteiger partial charge in [0.15, 0.2) is 0 Å². The van der Waals surface area contributed by atoms with Crippen molar-refractivity contribution in [2.24, 2.45) is 0 Å². The molecule has 2 heterocycles. The van der Waals surface area contributed by atoms with Crippen molar-refractivity contribution in [1.82, 2.24) is 10.2 Å². The summed E-state index contributed by atoms with van der Waals surface area (Å²) >= 11 is 2.89. The first-order valence-corrected chi connectivity index (χ1v) is 13.1. The summed E-state index contributed by atoms with van der Waals surface area (Å²) in [6, 6.07) is 14.2. The zero-order chi connectivity index (χ0) is 25.7. The Kier molecular flexibility index (Phi) is 8.11. The highest BCUT2D eigenvalue weighted by Crippen LogP contribution is 2.41. The Bertz CT molecular complexity index is 1220. The molecule has 9 nitrogen and oxygen atoms in total. The van der Waals surface area contributed by atoms with Crippen LogP contribution in [0.3, 0.4) is 0 Å². The highest BCUT2D eigenvalue weighted by molar-refractivity contribution is 8.02. The number of benzene rings is 2. The van der Waals surface area contributed by atoms with Crippen LogP contribution in [0.15, 0.2) is 77.9 Å². The van der Waals surface area contributed by atoms with Crippen LogP contribution in [-0.4, -0.2) is 50.5 Å². The second-order valence-electron chi connectivity index (χ2n) is 8.05. The summed E-state index contributed by atoms with van der Waals surface area (Å²) in [6.07, 6.45) is 0.156. The van der Waals surface area contributed by atoms with Gasteiger partial charge in [-0.25, -0.2) is 4.79 Å². The average molecular weight is 526 g/mol. The molecule has 186 valence electrons. The van der Waals surface area contributed by atoms with Gasteiger partial charge in [-0.15, -0.1) is 23.5 Å². The number of hydrogen-bond acceptors (Lipinski definition) is 8. The number of carbonyl (C=O) groups excluding carboxylic acids is 3. The summed E-state index contributed by atoms with van der Waals surface area (Å²) < 4.78 is 5.48. The van der Waals surface area contributed by atoms with Gasteiger partial charge in [0.05, 0.1) is 11.3 Å². The Balaban J connectivity index is 1.44. The molecule has 0 saturated carbocycles. The number of nitrogens with zero attached hydrogens (tertiary/aromatic N) is 2. The van der Waals surface area contributed by atoms with E-state index in [1.165, 1.54) is 52.7 Å². The van der Waals surface area contributed by atoms with Crippen molar-refractivity contribution >= 4 is 47.0 Å². The van der Waals surface area contributed by atoms with Gasteiger partial charge in [-0.2, -0.15) is 0 Å². The van der Waals surface area contributed by atoms with Crippen LogP contribution in [0.4, 0.5) is 5.69 Å². The van der Waals surface area contributed by atoms with Crippen LogP contribution < -0.4 is 5.32 Å². The number of β-lactam (4-membered cyclic amide) rings is 1. The van der Waals surface area contributed by atoms with Gasteiger partial charge < -0.3 is 10.1 Å². The largest absolute Gasteiger partial charge is 0.456 e. The number of esters is 1. The molecule has 0 spiro atoms. The zero-order valence-electron chi connectivity index (χ0n) is 19.1. The quantitative estimate of drug-likeness (QED) is 0.217. The van der Waals surface area contributed by atoms with Crippen molar-refractivity contribution < 1.29 is 24.0 Å². The summed E-state index contributed by atoms with van der Waals surface area (Å²) in [5, 5.41) is 14.9. The third kappa shape index (κ3) is 5.63. The highest BCUT2D eigenvalue weighted by Gasteiger charge is 2.54. The number of hydrogen-bond donors (Lipinski definition) is 1. The zero-order valence-corrected chi connectivity index (χ0v) is 20.8. The van der Waals surface area contributed by atoms with Crippen molar-refractivity contribution in [2.75, 3.05) is 11.5 Å². The van der Waals surface area contributed by atoms with Crippen LogP contribution in [-0.2, 0) is 32.1 Å². The summed E-state index contributed by atoms with van der Waals surface area (Å²) in [6.45, 7) is 3.60. The minimum absolute atomic E-state index is 0.0600. The Morgan fingerprint density at radius 1 is 1.19 bits per heavy atom. The monoisotopic (exact) mass is 525 g/mol. The van der Waals surface area contributed by atoms with E-state index in [-0.39, 0.29) is 36.2 Å². The van der Waals surface area contributed by atoms with Crippen molar-refractivity contribution in [2.45, 2.75) is 24.4 Å². The molecule has 1 N–H and O–H groups in total. The van der Waals surface area contributed by atoms with Crippen LogP contribution in [0.25, 0.3) is 0 Å². The number of ether oxygens (including phenoxy) is 1. The van der Waals surface area contributed by atoms with Crippen LogP contribution in [0.5, 0.6) is 0 Å². The molecule has 36 heavy (non-hydrogen) atoms. The number of nitrogens with one attached hydrogen (secondary N) is 1. The SMILES string of the molecule is C=CSCC1=C(C(=O)OCc2ccc([N+](=O)[O-])cc2)N2C(=O)C(NC(=O)Cc3ccccc3)[C@@H]2SC1. The van der Waals surface area contributed by atoms with Gasteiger partial charge in [-0.05, 0) is 34.2 Å². The molecule has 4 rings (SSSR count). The van der Waals surface area contributed by atoms with E-state index in [9.17, 15) is 24.5 Å². The molecule has 1 unspecified atom stereocenters. The maximum atomic E-state index is 13.1. The van der Waals surface area contributed by atoms with Crippen LogP contribution in [0.2, 0.25) is 0 Å². The van der Waals surface area contributed by atoms with Crippen LogP contribution >= 0.6 is 23.5 Å². The van der Waals surface area contributed by atoms with Gasteiger partial charge in [-0.1, -0.05) is 36.9 Å². The third-order valence-corrected chi connectivity index (χ3v) is 7.75. The second kappa shape index (κ2) is 11.4. The van der Waals surface area contributed by atoms with E-state index in [0.717, 1.165) is 11.1 Å². The Morgan fingerprint density at radius 3 is 2.58 bits per heavy atom. The molecule has 0 aliphatic carbocycles. The number of non-ortho nitro benzene ring substituents is 1. The van der Waals surface area contributed by atoms with Crippen molar-refractivity contribution in [1.29, 1.82) is 0 Å². The molecule has 2 amide bonds. The minimum atomic E-state index is -0.725. The van der Waals surface area contributed by atoms with Crippen molar-refractivity contribution in [3.8, 4) is 0 Å². The number of nitro benzene ring substituents is 1. The molecular formula is C25H23N3O6S2. The lowest BCUT2D eigenvalue weighted by molar-refractivity contribution is -0.384. The number of nitro groups is 1.